The molecule has 122 valence electrons. The number of halogens is 1. The quantitative estimate of drug-likeness (QED) is 0.754. The van der Waals surface area contributed by atoms with E-state index in [0.717, 1.165) is 5.75 Å². The zero-order valence-corrected chi connectivity index (χ0v) is 14.3. The van der Waals surface area contributed by atoms with Crippen LogP contribution in [0.2, 0.25) is 5.02 Å². The molecule has 0 heterocycles. The van der Waals surface area contributed by atoms with Gasteiger partial charge in [-0.25, -0.2) is 4.79 Å². The Kier molecular flexibility index (Phi) is 7.55. The van der Waals surface area contributed by atoms with E-state index in [-0.39, 0.29) is 27.8 Å². The van der Waals surface area contributed by atoms with Gasteiger partial charge in [-0.15, -0.1) is 11.8 Å². The average molecular weight is 346 g/mol. The molecule has 5 nitrogen and oxygen atoms in total. The van der Waals surface area contributed by atoms with Crippen molar-refractivity contribution in [3.05, 3.63) is 23.2 Å². The van der Waals surface area contributed by atoms with Crippen LogP contribution in [0.1, 0.15) is 20.8 Å². The Balaban J connectivity index is 2.75. The van der Waals surface area contributed by atoms with Crippen LogP contribution in [0.15, 0.2) is 18.2 Å². The molecule has 7 heteroatoms. The molecule has 1 aromatic rings. The first-order chi connectivity index (χ1) is 10.3. The minimum Gasteiger partial charge on any atom is -0.480 e. The average Bonchev–Trinajstić information content (AvgIpc) is 2.43. The fourth-order valence-electron chi connectivity index (χ4n) is 1.80. The molecular weight excluding hydrogens is 326 g/mol. The van der Waals surface area contributed by atoms with Gasteiger partial charge in [-0.1, -0.05) is 32.4 Å². The first-order valence-corrected chi connectivity index (χ1v) is 8.34. The van der Waals surface area contributed by atoms with Gasteiger partial charge in [0, 0.05) is 5.69 Å². The molecule has 1 atom stereocenters. The van der Waals surface area contributed by atoms with Gasteiger partial charge in [0.2, 0.25) is 5.91 Å². The normalized spacial score (nSPS) is 12.0. The number of benzene rings is 1. The highest BCUT2D eigenvalue weighted by atomic mass is 35.5. The molecule has 0 aliphatic rings. The van der Waals surface area contributed by atoms with E-state index in [2.05, 4.69) is 5.32 Å². The van der Waals surface area contributed by atoms with Crippen LogP contribution in [0.4, 0.5) is 5.69 Å². The largest absolute Gasteiger partial charge is 0.480 e. The van der Waals surface area contributed by atoms with Gasteiger partial charge in [-0.05, 0) is 29.9 Å². The highest BCUT2D eigenvalue weighted by Crippen LogP contribution is 2.28. The van der Waals surface area contributed by atoms with E-state index in [1.54, 1.807) is 23.9 Å². The van der Waals surface area contributed by atoms with E-state index < -0.39 is 12.6 Å². The minimum atomic E-state index is -1.08. The number of aliphatic carboxylic acids is 1. The number of carboxylic acid groups (broad SMARTS) is 1. The highest BCUT2D eigenvalue weighted by molar-refractivity contribution is 8.00. The molecule has 0 aromatic heterocycles. The van der Waals surface area contributed by atoms with Crippen LogP contribution in [0.3, 0.4) is 0 Å². The van der Waals surface area contributed by atoms with E-state index >= 15 is 0 Å². The lowest BCUT2D eigenvalue weighted by Crippen LogP contribution is -2.29. The summed E-state index contributed by atoms with van der Waals surface area (Å²) in [5.74, 6) is 0.199. The summed E-state index contributed by atoms with van der Waals surface area (Å²) in [7, 11) is 0. The zero-order chi connectivity index (χ0) is 16.7. The molecule has 1 amide bonds. The molecule has 22 heavy (non-hydrogen) atoms. The Morgan fingerprint density at radius 2 is 2.09 bits per heavy atom. The number of ether oxygens (including phenoxy) is 1. The molecule has 1 rings (SSSR count). The number of thioether (sulfide) groups is 1. The van der Waals surface area contributed by atoms with Gasteiger partial charge >= 0.3 is 5.97 Å². The summed E-state index contributed by atoms with van der Waals surface area (Å²) in [6.45, 7) is 5.55. The first-order valence-electron chi connectivity index (χ1n) is 6.91. The van der Waals surface area contributed by atoms with E-state index in [9.17, 15) is 9.59 Å². The number of carbonyl (C=O) groups is 2. The standard InChI is InChI=1S/C15H20ClNO4S/c1-4-22-14(9(2)3)15(20)17-10-5-6-12(11(16)7-10)21-8-13(18)19/h5-7,9,14H,4,8H2,1-3H3,(H,17,20)(H,18,19). The number of rotatable bonds is 8. The van der Waals surface area contributed by atoms with Crippen LogP contribution in [0.25, 0.3) is 0 Å². The molecule has 0 radical (unpaired) electrons. The Morgan fingerprint density at radius 3 is 2.59 bits per heavy atom. The number of anilines is 1. The van der Waals surface area contributed by atoms with Gasteiger partial charge in [-0.3, -0.25) is 4.79 Å². The van der Waals surface area contributed by atoms with Crippen molar-refractivity contribution in [2.24, 2.45) is 5.92 Å². The predicted molar refractivity (Wildman–Crippen MR) is 90.0 cm³/mol. The summed E-state index contributed by atoms with van der Waals surface area (Å²) in [6, 6.07) is 4.72. The third-order valence-electron chi connectivity index (χ3n) is 2.76. The minimum absolute atomic E-state index is 0.0721. The summed E-state index contributed by atoms with van der Waals surface area (Å²) in [6.07, 6.45) is 0. The molecule has 0 aliphatic carbocycles. The van der Waals surface area contributed by atoms with Crippen LogP contribution in [0, 0.1) is 5.92 Å². The van der Waals surface area contributed by atoms with E-state index in [1.165, 1.54) is 6.07 Å². The summed E-state index contributed by atoms with van der Waals surface area (Å²) >= 11 is 7.62. The van der Waals surface area contributed by atoms with Crippen molar-refractivity contribution in [1.29, 1.82) is 0 Å². The maximum absolute atomic E-state index is 12.3. The van der Waals surface area contributed by atoms with Crippen LogP contribution in [0.5, 0.6) is 5.75 Å². The molecule has 0 spiro atoms. The van der Waals surface area contributed by atoms with Crippen molar-refractivity contribution in [2.75, 3.05) is 17.7 Å². The molecule has 1 aromatic carbocycles. The number of hydrogen-bond acceptors (Lipinski definition) is 4. The molecule has 0 saturated heterocycles. The molecule has 2 N–H and O–H groups in total. The smallest absolute Gasteiger partial charge is 0.341 e. The molecule has 0 fully saturated rings. The van der Waals surface area contributed by atoms with E-state index in [1.807, 2.05) is 20.8 Å². The van der Waals surface area contributed by atoms with Gasteiger partial charge in [0.15, 0.2) is 6.61 Å². The third-order valence-corrected chi connectivity index (χ3v) is 4.51. The first kappa shape index (κ1) is 18.6. The second kappa shape index (κ2) is 8.90. The summed E-state index contributed by atoms with van der Waals surface area (Å²) in [5.41, 5.74) is 0.556. The van der Waals surface area contributed by atoms with Crippen molar-refractivity contribution in [1.82, 2.24) is 0 Å². The lowest BCUT2D eigenvalue weighted by Gasteiger charge is -2.19. The summed E-state index contributed by atoms with van der Waals surface area (Å²) in [4.78, 5) is 22.7. The number of amides is 1. The van der Waals surface area contributed by atoms with Gasteiger partial charge < -0.3 is 15.2 Å². The fourth-order valence-corrected chi connectivity index (χ4v) is 2.99. The number of nitrogens with one attached hydrogen (secondary N) is 1. The van der Waals surface area contributed by atoms with E-state index in [4.69, 9.17) is 21.4 Å². The monoisotopic (exact) mass is 345 g/mol. The second-order valence-corrected chi connectivity index (χ2v) is 6.76. The maximum Gasteiger partial charge on any atom is 0.341 e. The fraction of sp³-hybridized carbons (Fsp3) is 0.467. The van der Waals surface area contributed by atoms with Gasteiger partial charge in [0.25, 0.3) is 0 Å². The van der Waals surface area contributed by atoms with Crippen molar-refractivity contribution >= 4 is 40.9 Å². The number of carbonyl (C=O) groups excluding carboxylic acids is 1. The Bertz CT molecular complexity index is 536. The van der Waals surface area contributed by atoms with Crippen molar-refractivity contribution in [3.63, 3.8) is 0 Å². The molecule has 1 unspecified atom stereocenters. The zero-order valence-electron chi connectivity index (χ0n) is 12.8. The molecular formula is C15H20ClNO4S. The Hall–Kier alpha value is -1.40. The van der Waals surface area contributed by atoms with Crippen LogP contribution < -0.4 is 10.1 Å². The van der Waals surface area contributed by atoms with Crippen LogP contribution in [-0.4, -0.2) is 34.6 Å². The van der Waals surface area contributed by atoms with E-state index in [0.29, 0.717) is 5.69 Å². The summed E-state index contributed by atoms with van der Waals surface area (Å²) < 4.78 is 5.03. The van der Waals surface area contributed by atoms with Gasteiger partial charge in [0.05, 0.1) is 10.3 Å². The maximum atomic E-state index is 12.3. The van der Waals surface area contributed by atoms with Crippen LogP contribution >= 0.6 is 23.4 Å². The van der Waals surface area contributed by atoms with Gasteiger partial charge in [-0.2, -0.15) is 0 Å². The molecule has 0 aliphatic heterocycles. The Labute approximate surface area is 139 Å². The number of carboxylic acids is 1. The molecule has 0 saturated carbocycles. The third kappa shape index (κ3) is 5.77. The predicted octanol–water partition coefficient (Wildman–Crippen LogP) is 3.52. The highest BCUT2D eigenvalue weighted by Gasteiger charge is 2.22. The van der Waals surface area contributed by atoms with Gasteiger partial charge in [0.1, 0.15) is 5.75 Å². The van der Waals surface area contributed by atoms with Crippen molar-refractivity contribution in [3.8, 4) is 5.75 Å². The number of hydrogen-bond donors (Lipinski definition) is 2. The topological polar surface area (TPSA) is 75.6 Å². The summed E-state index contributed by atoms with van der Waals surface area (Å²) in [5, 5.41) is 11.5. The van der Waals surface area contributed by atoms with Crippen LogP contribution in [-0.2, 0) is 9.59 Å². The second-order valence-electron chi connectivity index (χ2n) is 4.94. The lowest BCUT2D eigenvalue weighted by molar-refractivity contribution is -0.139. The van der Waals surface area contributed by atoms with Crippen molar-refractivity contribution < 1.29 is 19.4 Å². The molecule has 0 bridgehead atoms. The van der Waals surface area contributed by atoms with Crippen molar-refractivity contribution in [2.45, 2.75) is 26.0 Å². The Morgan fingerprint density at radius 1 is 1.41 bits per heavy atom. The SMILES string of the molecule is CCSC(C(=O)Nc1ccc(OCC(=O)O)c(Cl)c1)C(C)C. The lowest BCUT2D eigenvalue weighted by atomic mass is 10.1.